The van der Waals surface area contributed by atoms with Crippen molar-refractivity contribution in [3.8, 4) is 0 Å². The lowest BCUT2D eigenvalue weighted by molar-refractivity contribution is -0.0960. The van der Waals surface area contributed by atoms with Gasteiger partial charge in [0.15, 0.2) is 0 Å². The van der Waals surface area contributed by atoms with Gasteiger partial charge >= 0.3 is 0 Å². The van der Waals surface area contributed by atoms with Crippen LogP contribution in [-0.4, -0.2) is 55.5 Å². The van der Waals surface area contributed by atoms with Crippen LogP contribution in [0.1, 0.15) is 26.7 Å². The molecule has 0 aliphatic carbocycles. The standard InChI is InChI=1S/C12H24N2O2/c1-9-7-14(8-10(2)16-9)11(6-13)12-4-3-5-15-12/h9-12H,3-8,13H2,1-2H3/t9-,10+,11?,12?. The lowest BCUT2D eigenvalue weighted by Crippen LogP contribution is -2.56. The molecule has 0 aromatic heterocycles. The number of morpholine rings is 1. The SMILES string of the molecule is C[C@@H]1CN(C(CN)C2CCCO2)C[C@H](C)O1. The van der Waals surface area contributed by atoms with Gasteiger partial charge in [-0.2, -0.15) is 0 Å². The van der Waals surface area contributed by atoms with E-state index in [0.717, 1.165) is 26.1 Å². The molecule has 4 nitrogen and oxygen atoms in total. The van der Waals surface area contributed by atoms with Gasteiger partial charge in [-0.1, -0.05) is 0 Å². The predicted molar refractivity (Wildman–Crippen MR) is 63.4 cm³/mol. The molecule has 2 unspecified atom stereocenters. The van der Waals surface area contributed by atoms with Crippen LogP contribution >= 0.6 is 0 Å². The van der Waals surface area contributed by atoms with Crippen LogP contribution in [0.5, 0.6) is 0 Å². The van der Waals surface area contributed by atoms with Gasteiger partial charge in [-0.25, -0.2) is 0 Å². The molecule has 2 heterocycles. The molecule has 2 fully saturated rings. The Balaban J connectivity index is 1.96. The number of hydrogen-bond donors (Lipinski definition) is 1. The molecule has 2 N–H and O–H groups in total. The molecule has 4 atom stereocenters. The molecule has 2 aliphatic rings. The van der Waals surface area contributed by atoms with E-state index in [1.807, 2.05) is 0 Å². The zero-order valence-corrected chi connectivity index (χ0v) is 10.4. The summed E-state index contributed by atoms with van der Waals surface area (Å²) in [5.41, 5.74) is 5.91. The number of nitrogens with two attached hydrogens (primary N) is 1. The summed E-state index contributed by atoms with van der Waals surface area (Å²) in [5.74, 6) is 0. The van der Waals surface area contributed by atoms with Crippen molar-refractivity contribution >= 4 is 0 Å². The van der Waals surface area contributed by atoms with Crippen molar-refractivity contribution < 1.29 is 9.47 Å². The number of hydrogen-bond acceptors (Lipinski definition) is 4. The molecular formula is C12H24N2O2. The van der Waals surface area contributed by atoms with Crippen LogP contribution in [0.2, 0.25) is 0 Å². The van der Waals surface area contributed by atoms with Crippen LogP contribution in [-0.2, 0) is 9.47 Å². The van der Waals surface area contributed by atoms with Gasteiger partial charge in [0.25, 0.3) is 0 Å². The Labute approximate surface area is 98.1 Å². The Morgan fingerprint density at radius 1 is 1.31 bits per heavy atom. The van der Waals surface area contributed by atoms with Gasteiger partial charge in [0.1, 0.15) is 0 Å². The van der Waals surface area contributed by atoms with E-state index in [-0.39, 0.29) is 0 Å². The second-order valence-corrected chi connectivity index (χ2v) is 5.07. The van der Waals surface area contributed by atoms with Crippen molar-refractivity contribution in [2.24, 2.45) is 5.73 Å². The first-order chi connectivity index (χ1) is 7.70. The van der Waals surface area contributed by atoms with Gasteiger partial charge in [-0.15, -0.1) is 0 Å². The van der Waals surface area contributed by atoms with E-state index in [1.165, 1.54) is 6.42 Å². The van der Waals surface area contributed by atoms with E-state index in [4.69, 9.17) is 15.2 Å². The van der Waals surface area contributed by atoms with Crippen molar-refractivity contribution in [2.45, 2.75) is 51.0 Å². The molecule has 16 heavy (non-hydrogen) atoms. The van der Waals surface area contributed by atoms with Gasteiger partial charge in [0.2, 0.25) is 0 Å². The Hall–Kier alpha value is -0.160. The summed E-state index contributed by atoms with van der Waals surface area (Å²) in [6.07, 6.45) is 3.28. The Kier molecular flexibility index (Phi) is 4.19. The molecule has 2 rings (SSSR count). The third kappa shape index (κ3) is 2.74. The van der Waals surface area contributed by atoms with E-state index in [2.05, 4.69) is 18.7 Å². The maximum absolute atomic E-state index is 5.91. The van der Waals surface area contributed by atoms with Gasteiger partial charge in [-0.05, 0) is 26.7 Å². The van der Waals surface area contributed by atoms with E-state index < -0.39 is 0 Å². The fourth-order valence-corrected chi connectivity index (χ4v) is 2.93. The summed E-state index contributed by atoms with van der Waals surface area (Å²) < 4.78 is 11.5. The zero-order valence-electron chi connectivity index (χ0n) is 10.4. The summed E-state index contributed by atoms with van der Waals surface area (Å²) in [7, 11) is 0. The minimum atomic E-state index is 0.305. The lowest BCUT2D eigenvalue weighted by atomic mass is 10.0. The monoisotopic (exact) mass is 228 g/mol. The molecule has 94 valence electrons. The first-order valence-corrected chi connectivity index (χ1v) is 6.42. The van der Waals surface area contributed by atoms with Gasteiger partial charge in [0, 0.05) is 32.3 Å². The van der Waals surface area contributed by atoms with Crippen LogP contribution in [0, 0.1) is 0 Å². The van der Waals surface area contributed by atoms with Gasteiger partial charge in [-0.3, -0.25) is 4.90 Å². The number of ether oxygens (including phenoxy) is 2. The average molecular weight is 228 g/mol. The maximum Gasteiger partial charge on any atom is 0.0743 e. The molecule has 0 amide bonds. The molecule has 2 aliphatic heterocycles. The number of rotatable bonds is 3. The zero-order chi connectivity index (χ0) is 11.5. The van der Waals surface area contributed by atoms with Crippen molar-refractivity contribution in [2.75, 3.05) is 26.2 Å². The van der Waals surface area contributed by atoms with Gasteiger partial charge in [0.05, 0.1) is 18.3 Å². The number of nitrogens with zero attached hydrogens (tertiary/aromatic N) is 1. The van der Waals surface area contributed by atoms with Crippen molar-refractivity contribution in [1.29, 1.82) is 0 Å². The second kappa shape index (κ2) is 5.45. The third-order valence-electron chi connectivity index (χ3n) is 3.55. The van der Waals surface area contributed by atoms with Gasteiger partial charge < -0.3 is 15.2 Å². The minimum Gasteiger partial charge on any atom is -0.377 e. The van der Waals surface area contributed by atoms with Crippen molar-refractivity contribution in [3.63, 3.8) is 0 Å². The molecule has 0 saturated carbocycles. The lowest BCUT2D eigenvalue weighted by Gasteiger charge is -2.41. The van der Waals surface area contributed by atoms with Crippen LogP contribution in [0.3, 0.4) is 0 Å². The topological polar surface area (TPSA) is 47.7 Å². The van der Waals surface area contributed by atoms with E-state index in [0.29, 0.717) is 30.9 Å². The summed E-state index contributed by atoms with van der Waals surface area (Å²) in [4.78, 5) is 2.45. The Morgan fingerprint density at radius 3 is 2.50 bits per heavy atom. The minimum absolute atomic E-state index is 0.305. The highest BCUT2D eigenvalue weighted by Crippen LogP contribution is 2.22. The summed E-state index contributed by atoms with van der Waals surface area (Å²) in [6.45, 7) is 7.80. The Morgan fingerprint density at radius 2 is 2.00 bits per heavy atom. The first-order valence-electron chi connectivity index (χ1n) is 6.42. The highest BCUT2D eigenvalue weighted by atomic mass is 16.5. The summed E-state index contributed by atoms with van der Waals surface area (Å²) >= 11 is 0. The molecule has 0 spiro atoms. The second-order valence-electron chi connectivity index (χ2n) is 5.07. The average Bonchev–Trinajstić information content (AvgIpc) is 2.70. The van der Waals surface area contributed by atoms with Crippen molar-refractivity contribution in [3.05, 3.63) is 0 Å². The third-order valence-corrected chi connectivity index (χ3v) is 3.55. The van der Waals surface area contributed by atoms with E-state index >= 15 is 0 Å². The van der Waals surface area contributed by atoms with Crippen LogP contribution in [0.4, 0.5) is 0 Å². The van der Waals surface area contributed by atoms with Crippen LogP contribution in [0.15, 0.2) is 0 Å². The molecule has 4 heteroatoms. The fraction of sp³-hybridized carbons (Fsp3) is 1.00. The van der Waals surface area contributed by atoms with Crippen LogP contribution < -0.4 is 5.73 Å². The summed E-state index contributed by atoms with van der Waals surface area (Å²) in [6, 6.07) is 0.372. The smallest absolute Gasteiger partial charge is 0.0743 e. The highest BCUT2D eigenvalue weighted by Gasteiger charge is 2.33. The maximum atomic E-state index is 5.91. The summed E-state index contributed by atoms with van der Waals surface area (Å²) in [5, 5.41) is 0. The molecule has 0 radical (unpaired) electrons. The molecular weight excluding hydrogens is 204 g/mol. The molecule has 0 aromatic carbocycles. The quantitative estimate of drug-likeness (QED) is 0.768. The predicted octanol–water partition coefficient (Wildman–Crippen LogP) is 0.602. The molecule has 0 bridgehead atoms. The largest absolute Gasteiger partial charge is 0.377 e. The molecule has 0 aromatic rings. The normalized spacial score (nSPS) is 38.8. The van der Waals surface area contributed by atoms with Crippen LogP contribution in [0.25, 0.3) is 0 Å². The van der Waals surface area contributed by atoms with Crippen molar-refractivity contribution in [1.82, 2.24) is 4.90 Å². The van der Waals surface area contributed by atoms with E-state index in [9.17, 15) is 0 Å². The molecule has 2 saturated heterocycles. The first kappa shape index (κ1) is 12.3. The Bertz CT molecular complexity index is 209. The highest BCUT2D eigenvalue weighted by molar-refractivity contribution is 4.87. The van der Waals surface area contributed by atoms with E-state index in [1.54, 1.807) is 0 Å². The fourth-order valence-electron chi connectivity index (χ4n) is 2.93.